The fourth-order valence-corrected chi connectivity index (χ4v) is 3.58. The highest BCUT2D eigenvalue weighted by atomic mass is 32.2. The van der Waals surface area contributed by atoms with E-state index in [9.17, 15) is 13.2 Å². The van der Waals surface area contributed by atoms with Gasteiger partial charge in [-0.15, -0.1) is 11.3 Å². The summed E-state index contributed by atoms with van der Waals surface area (Å²) in [7, 11) is -2.00. The molecule has 2 aromatic rings. The van der Waals surface area contributed by atoms with E-state index in [-0.39, 0.29) is 15.6 Å². The van der Waals surface area contributed by atoms with Gasteiger partial charge in [0.05, 0.1) is 12.2 Å². The van der Waals surface area contributed by atoms with Gasteiger partial charge in [-0.05, 0) is 18.2 Å². The molecule has 0 aliphatic carbocycles. The van der Waals surface area contributed by atoms with Gasteiger partial charge >= 0.3 is 5.97 Å². The molecule has 0 spiro atoms. The number of nitrogens with zero attached hydrogens (tertiary/aromatic N) is 2. The van der Waals surface area contributed by atoms with Crippen LogP contribution in [0.15, 0.2) is 28.6 Å². The van der Waals surface area contributed by atoms with E-state index in [2.05, 4.69) is 9.82 Å². The van der Waals surface area contributed by atoms with E-state index < -0.39 is 16.0 Å². The van der Waals surface area contributed by atoms with Crippen LogP contribution in [0.1, 0.15) is 15.4 Å². The van der Waals surface area contributed by atoms with E-state index in [4.69, 9.17) is 5.11 Å². The molecule has 2 aromatic heterocycles. The number of carboxylic acid groups (broad SMARTS) is 1. The Morgan fingerprint density at radius 1 is 1.47 bits per heavy atom. The fraction of sp³-hybridized carbons (Fsp3) is 0.200. The maximum absolute atomic E-state index is 12.0. The summed E-state index contributed by atoms with van der Waals surface area (Å²) in [4.78, 5) is 10.7. The first-order valence-electron chi connectivity index (χ1n) is 5.20. The zero-order valence-corrected chi connectivity index (χ0v) is 11.5. The van der Waals surface area contributed by atoms with Crippen LogP contribution in [0, 0.1) is 0 Å². The van der Waals surface area contributed by atoms with Crippen molar-refractivity contribution in [3.05, 3.63) is 35.0 Å². The predicted octanol–water partition coefficient (Wildman–Crippen LogP) is 0.658. The molecule has 0 fully saturated rings. The minimum atomic E-state index is -3.70. The van der Waals surface area contributed by atoms with Crippen molar-refractivity contribution in [3.8, 4) is 0 Å². The van der Waals surface area contributed by atoms with Crippen LogP contribution in [0.2, 0.25) is 0 Å². The third-order valence-corrected chi connectivity index (χ3v) is 5.39. The summed E-state index contributed by atoms with van der Waals surface area (Å²) in [5, 5.41) is 12.7. The first kappa shape index (κ1) is 13.7. The van der Waals surface area contributed by atoms with Crippen LogP contribution in [0.5, 0.6) is 0 Å². The molecule has 0 atom stereocenters. The lowest BCUT2D eigenvalue weighted by molar-refractivity contribution is 0.0702. The molecule has 2 heterocycles. The lowest BCUT2D eigenvalue weighted by Crippen LogP contribution is -2.23. The number of carbonyl (C=O) groups is 1. The molecule has 0 aromatic carbocycles. The minimum absolute atomic E-state index is 0.0130. The fourth-order valence-electron chi connectivity index (χ4n) is 1.39. The second-order valence-corrected chi connectivity index (χ2v) is 6.77. The summed E-state index contributed by atoms with van der Waals surface area (Å²) >= 11 is 0.717. The van der Waals surface area contributed by atoms with Crippen molar-refractivity contribution in [2.75, 3.05) is 0 Å². The van der Waals surface area contributed by atoms with Crippen molar-refractivity contribution in [1.29, 1.82) is 0 Å². The minimum Gasteiger partial charge on any atom is -0.477 e. The quantitative estimate of drug-likeness (QED) is 0.844. The molecule has 0 saturated heterocycles. The third kappa shape index (κ3) is 3.00. The number of hydrogen-bond donors (Lipinski definition) is 2. The average molecular weight is 301 g/mol. The molecular weight excluding hydrogens is 290 g/mol. The zero-order chi connectivity index (χ0) is 14.0. The first-order chi connectivity index (χ1) is 8.90. The van der Waals surface area contributed by atoms with Crippen molar-refractivity contribution in [2.24, 2.45) is 7.05 Å². The summed E-state index contributed by atoms with van der Waals surface area (Å²) in [6.45, 7) is 0.0964. The monoisotopic (exact) mass is 301 g/mol. The van der Waals surface area contributed by atoms with Crippen LogP contribution in [-0.4, -0.2) is 29.3 Å². The lowest BCUT2D eigenvalue weighted by atomic mass is 10.4. The lowest BCUT2D eigenvalue weighted by Gasteiger charge is -2.04. The van der Waals surface area contributed by atoms with Crippen molar-refractivity contribution < 1.29 is 18.3 Å². The second-order valence-electron chi connectivity index (χ2n) is 3.69. The number of aromatic nitrogens is 2. The van der Waals surface area contributed by atoms with Gasteiger partial charge in [0.2, 0.25) is 10.0 Å². The molecule has 0 amide bonds. The van der Waals surface area contributed by atoms with E-state index in [0.29, 0.717) is 17.0 Å². The second kappa shape index (κ2) is 5.11. The molecule has 2 N–H and O–H groups in total. The van der Waals surface area contributed by atoms with Crippen LogP contribution in [0.4, 0.5) is 0 Å². The Hall–Kier alpha value is -1.71. The van der Waals surface area contributed by atoms with Crippen molar-refractivity contribution in [2.45, 2.75) is 10.8 Å². The van der Waals surface area contributed by atoms with E-state index >= 15 is 0 Å². The number of carboxylic acids is 1. The zero-order valence-electron chi connectivity index (χ0n) is 9.90. The Labute approximate surface area is 113 Å². The number of thiophene rings is 1. The number of sulfonamides is 1. The van der Waals surface area contributed by atoms with Gasteiger partial charge in [0.1, 0.15) is 9.09 Å². The standard InChI is InChI=1S/C10H11N3O4S2/c1-13-7(4-5-11-13)6-12-19(16,17)9-3-2-8(18-9)10(14)15/h2-5,12H,6H2,1H3,(H,14,15). The molecule has 0 saturated carbocycles. The van der Waals surface area contributed by atoms with Gasteiger partial charge in [-0.2, -0.15) is 5.10 Å². The molecule has 0 unspecified atom stereocenters. The van der Waals surface area contributed by atoms with Gasteiger partial charge in [0, 0.05) is 13.2 Å². The van der Waals surface area contributed by atoms with Gasteiger partial charge in [-0.3, -0.25) is 4.68 Å². The van der Waals surface area contributed by atoms with E-state index in [1.165, 1.54) is 12.1 Å². The maximum Gasteiger partial charge on any atom is 0.345 e. The highest BCUT2D eigenvalue weighted by Gasteiger charge is 2.19. The number of hydrogen-bond acceptors (Lipinski definition) is 5. The van der Waals surface area contributed by atoms with Crippen LogP contribution in [0.3, 0.4) is 0 Å². The largest absolute Gasteiger partial charge is 0.477 e. The van der Waals surface area contributed by atoms with Gasteiger partial charge in [-0.1, -0.05) is 0 Å². The van der Waals surface area contributed by atoms with Crippen molar-refractivity contribution in [1.82, 2.24) is 14.5 Å². The van der Waals surface area contributed by atoms with E-state index in [0.717, 1.165) is 0 Å². The summed E-state index contributed by atoms with van der Waals surface area (Å²) in [6, 6.07) is 4.24. The Morgan fingerprint density at radius 2 is 2.21 bits per heavy atom. The summed E-state index contributed by atoms with van der Waals surface area (Å²) in [5.74, 6) is -1.14. The van der Waals surface area contributed by atoms with Crippen LogP contribution < -0.4 is 4.72 Å². The molecule has 0 aliphatic rings. The Morgan fingerprint density at radius 3 is 2.74 bits per heavy atom. The average Bonchev–Trinajstić information content (AvgIpc) is 2.95. The molecule has 2 rings (SSSR count). The van der Waals surface area contributed by atoms with Crippen molar-refractivity contribution >= 4 is 27.3 Å². The molecule has 0 radical (unpaired) electrons. The molecule has 0 aliphatic heterocycles. The Balaban J connectivity index is 2.14. The Bertz CT molecular complexity index is 702. The molecule has 7 nitrogen and oxygen atoms in total. The number of aromatic carboxylic acids is 1. The summed E-state index contributed by atoms with van der Waals surface area (Å²) in [5.41, 5.74) is 0.707. The van der Waals surface area contributed by atoms with Gasteiger partial charge < -0.3 is 5.11 Å². The van der Waals surface area contributed by atoms with E-state index in [1.807, 2.05) is 0 Å². The smallest absolute Gasteiger partial charge is 0.345 e. The van der Waals surface area contributed by atoms with Crippen LogP contribution >= 0.6 is 11.3 Å². The first-order valence-corrected chi connectivity index (χ1v) is 7.50. The van der Waals surface area contributed by atoms with Gasteiger partial charge in [0.15, 0.2) is 0 Å². The predicted molar refractivity (Wildman–Crippen MR) is 68.5 cm³/mol. The summed E-state index contributed by atoms with van der Waals surface area (Å²) in [6.07, 6.45) is 1.57. The topological polar surface area (TPSA) is 101 Å². The number of rotatable bonds is 5. The SMILES string of the molecule is Cn1nccc1CNS(=O)(=O)c1ccc(C(=O)O)s1. The Kier molecular flexibility index (Phi) is 3.69. The molecule has 9 heteroatoms. The van der Waals surface area contributed by atoms with Gasteiger partial charge in [-0.25, -0.2) is 17.9 Å². The van der Waals surface area contributed by atoms with Gasteiger partial charge in [0.25, 0.3) is 0 Å². The summed E-state index contributed by atoms with van der Waals surface area (Å²) < 4.78 is 27.8. The normalized spacial score (nSPS) is 11.6. The van der Waals surface area contributed by atoms with Crippen LogP contribution in [-0.2, 0) is 23.6 Å². The maximum atomic E-state index is 12.0. The molecule has 19 heavy (non-hydrogen) atoms. The van der Waals surface area contributed by atoms with Crippen LogP contribution in [0.25, 0.3) is 0 Å². The van der Waals surface area contributed by atoms with E-state index in [1.54, 1.807) is 24.0 Å². The molecular formula is C10H11N3O4S2. The number of aryl methyl sites for hydroxylation is 1. The molecule has 0 bridgehead atoms. The highest BCUT2D eigenvalue weighted by molar-refractivity contribution is 7.91. The molecule has 102 valence electrons. The highest BCUT2D eigenvalue weighted by Crippen LogP contribution is 2.21. The third-order valence-electron chi connectivity index (χ3n) is 2.42. The van der Waals surface area contributed by atoms with Crippen molar-refractivity contribution in [3.63, 3.8) is 0 Å². The number of nitrogens with one attached hydrogen (secondary N) is 1.